The Morgan fingerprint density at radius 2 is 2.22 bits per heavy atom. The van der Waals surface area contributed by atoms with Crippen molar-refractivity contribution in [2.75, 3.05) is 12.8 Å². The third-order valence-corrected chi connectivity index (χ3v) is 3.50. The maximum Gasteiger partial charge on any atom is 0.266 e. The number of aryl methyl sites for hydroxylation is 1. The van der Waals surface area contributed by atoms with Gasteiger partial charge in [-0.1, -0.05) is 6.07 Å². The topological polar surface area (TPSA) is 59.2 Å². The van der Waals surface area contributed by atoms with Gasteiger partial charge in [-0.3, -0.25) is 9.78 Å². The molecule has 2 heterocycles. The van der Waals surface area contributed by atoms with Gasteiger partial charge in [0, 0.05) is 12.7 Å². The first kappa shape index (κ1) is 12.6. The summed E-state index contributed by atoms with van der Waals surface area (Å²) in [6.45, 7) is 2.42. The fourth-order valence-electron chi connectivity index (χ4n) is 1.67. The maximum atomic E-state index is 12.1. The molecular formula is C13H15N3OS. The predicted molar refractivity (Wildman–Crippen MR) is 73.5 cm³/mol. The first-order valence-corrected chi connectivity index (χ1v) is 6.47. The number of pyridine rings is 1. The van der Waals surface area contributed by atoms with E-state index in [2.05, 4.69) is 4.98 Å². The number of carbonyl (C=O) groups excluding carboxylic acids is 1. The van der Waals surface area contributed by atoms with Crippen molar-refractivity contribution in [2.45, 2.75) is 13.5 Å². The summed E-state index contributed by atoms with van der Waals surface area (Å²) in [5.41, 5.74) is 8.10. The Morgan fingerprint density at radius 1 is 1.44 bits per heavy atom. The van der Waals surface area contributed by atoms with E-state index in [1.807, 2.05) is 30.5 Å². The first-order valence-electron chi connectivity index (χ1n) is 5.59. The number of thiophene rings is 1. The molecule has 4 nitrogen and oxygen atoms in total. The zero-order valence-electron chi connectivity index (χ0n) is 10.4. The van der Waals surface area contributed by atoms with Crippen molar-refractivity contribution in [2.24, 2.45) is 0 Å². The van der Waals surface area contributed by atoms with Gasteiger partial charge in [0.2, 0.25) is 0 Å². The summed E-state index contributed by atoms with van der Waals surface area (Å²) >= 11 is 1.36. The lowest BCUT2D eigenvalue weighted by Gasteiger charge is -2.16. The van der Waals surface area contributed by atoms with Crippen LogP contribution in [0.4, 0.5) is 5.69 Å². The van der Waals surface area contributed by atoms with Gasteiger partial charge in [0.1, 0.15) is 4.88 Å². The molecule has 0 fully saturated rings. The highest BCUT2D eigenvalue weighted by atomic mass is 32.1. The maximum absolute atomic E-state index is 12.1. The van der Waals surface area contributed by atoms with Gasteiger partial charge in [-0.05, 0) is 30.5 Å². The second kappa shape index (κ2) is 5.18. The molecule has 0 saturated carbocycles. The number of amides is 1. The van der Waals surface area contributed by atoms with Gasteiger partial charge in [0.05, 0.1) is 17.9 Å². The van der Waals surface area contributed by atoms with Crippen LogP contribution in [0.2, 0.25) is 0 Å². The summed E-state index contributed by atoms with van der Waals surface area (Å²) in [6.07, 6.45) is 0. The molecule has 0 saturated heterocycles. The number of nitrogens with two attached hydrogens (primary N) is 1. The van der Waals surface area contributed by atoms with E-state index in [9.17, 15) is 4.79 Å². The van der Waals surface area contributed by atoms with E-state index in [1.54, 1.807) is 18.0 Å². The minimum atomic E-state index is -0.0641. The van der Waals surface area contributed by atoms with Crippen molar-refractivity contribution in [3.05, 3.63) is 45.9 Å². The molecule has 0 aromatic carbocycles. The minimum Gasteiger partial charge on any atom is -0.397 e. The van der Waals surface area contributed by atoms with Crippen LogP contribution in [0.5, 0.6) is 0 Å². The molecule has 0 unspecified atom stereocenters. The molecular weight excluding hydrogens is 246 g/mol. The lowest BCUT2D eigenvalue weighted by molar-refractivity contribution is 0.0789. The molecule has 2 N–H and O–H groups in total. The molecule has 0 bridgehead atoms. The summed E-state index contributed by atoms with van der Waals surface area (Å²) in [5.74, 6) is -0.0641. The van der Waals surface area contributed by atoms with Crippen LogP contribution in [0.1, 0.15) is 21.1 Å². The summed E-state index contributed by atoms with van der Waals surface area (Å²) in [6, 6.07) is 7.53. The van der Waals surface area contributed by atoms with Crippen LogP contribution in [0.3, 0.4) is 0 Å². The second-order valence-corrected chi connectivity index (χ2v) is 5.05. The predicted octanol–water partition coefficient (Wildman–Crippen LogP) is 2.31. The standard InChI is InChI=1S/C13H15N3OS/c1-9-4-3-5-10(15-9)8-16(2)13(17)12-11(14)6-7-18-12/h3-7H,8,14H2,1-2H3. The van der Waals surface area contributed by atoms with Crippen LogP contribution >= 0.6 is 11.3 Å². The molecule has 94 valence electrons. The average Bonchev–Trinajstić information content (AvgIpc) is 2.74. The van der Waals surface area contributed by atoms with Crippen molar-refractivity contribution < 1.29 is 4.79 Å². The molecule has 2 aromatic heterocycles. The number of rotatable bonds is 3. The van der Waals surface area contributed by atoms with Crippen LogP contribution in [0.15, 0.2) is 29.6 Å². The van der Waals surface area contributed by atoms with Gasteiger partial charge in [-0.2, -0.15) is 0 Å². The van der Waals surface area contributed by atoms with E-state index in [0.29, 0.717) is 17.1 Å². The van der Waals surface area contributed by atoms with Gasteiger partial charge >= 0.3 is 0 Å². The normalized spacial score (nSPS) is 10.3. The Kier molecular flexibility index (Phi) is 3.62. The number of carbonyl (C=O) groups is 1. The van der Waals surface area contributed by atoms with Gasteiger partial charge in [0.15, 0.2) is 0 Å². The van der Waals surface area contributed by atoms with Crippen LogP contribution in [0.25, 0.3) is 0 Å². The molecule has 0 aliphatic carbocycles. The van der Waals surface area contributed by atoms with E-state index in [4.69, 9.17) is 5.73 Å². The average molecular weight is 261 g/mol. The summed E-state index contributed by atoms with van der Waals surface area (Å²) < 4.78 is 0. The molecule has 1 amide bonds. The molecule has 0 aliphatic rings. The molecule has 2 rings (SSSR count). The van der Waals surface area contributed by atoms with Crippen molar-refractivity contribution in [3.8, 4) is 0 Å². The molecule has 5 heteroatoms. The molecule has 2 aromatic rings. The van der Waals surface area contributed by atoms with Crippen LogP contribution in [0, 0.1) is 6.92 Å². The van der Waals surface area contributed by atoms with E-state index in [0.717, 1.165) is 11.4 Å². The summed E-state index contributed by atoms with van der Waals surface area (Å²) in [5, 5.41) is 1.82. The third kappa shape index (κ3) is 2.68. The number of aromatic nitrogens is 1. The quantitative estimate of drug-likeness (QED) is 0.922. The van der Waals surface area contributed by atoms with Gasteiger partial charge in [-0.15, -0.1) is 11.3 Å². The minimum absolute atomic E-state index is 0.0641. The van der Waals surface area contributed by atoms with Crippen molar-refractivity contribution >= 4 is 22.9 Å². The Morgan fingerprint density at radius 3 is 2.83 bits per heavy atom. The van der Waals surface area contributed by atoms with Gasteiger partial charge < -0.3 is 10.6 Å². The number of nitrogens with zero attached hydrogens (tertiary/aromatic N) is 2. The van der Waals surface area contributed by atoms with E-state index < -0.39 is 0 Å². The number of anilines is 1. The fraction of sp³-hybridized carbons (Fsp3) is 0.231. The zero-order valence-corrected chi connectivity index (χ0v) is 11.2. The smallest absolute Gasteiger partial charge is 0.266 e. The molecule has 0 atom stereocenters. The first-order chi connectivity index (χ1) is 8.58. The van der Waals surface area contributed by atoms with Gasteiger partial charge in [-0.25, -0.2) is 0 Å². The number of nitrogen functional groups attached to an aromatic ring is 1. The number of hydrogen-bond acceptors (Lipinski definition) is 4. The van der Waals surface area contributed by atoms with E-state index in [1.165, 1.54) is 11.3 Å². The highest BCUT2D eigenvalue weighted by molar-refractivity contribution is 7.12. The van der Waals surface area contributed by atoms with Gasteiger partial charge in [0.25, 0.3) is 5.91 Å². The van der Waals surface area contributed by atoms with Crippen molar-refractivity contribution in [1.82, 2.24) is 9.88 Å². The Hall–Kier alpha value is -1.88. The highest BCUT2D eigenvalue weighted by Gasteiger charge is 2.16. The van der Waals surface area contributed by atoms with Crippen molar-refractivity contribution in [3.63, 3.8) is 0 Å². The third-order valence-electron chi connectivity index (χ3n) is 2.58. The van der Waals surface area contributed by atoms with Crippen LogP contribution in [-0.4, -0.2) is 22.8 Å². The molecule has 0 spiro atoms. The largest absolute Gasteiger partial charge is 0.397 e. The zero-order chi connectivity index (χ0) is 13.1. The Balaban J connectivity index is 2.11. The highest BCUT2D eigenvalue weighted by Crippen LogP contribution is 2.20. The van der Waals surface area contributed by atoms with E-state index in [-0.39, 0.29) is 5.91 Å². The Labute approximate surface area is 110 Å². The monoisotopic (exact) mass is 261 g/mol. The lowest BCUT2D eigenvalue weighted by atomic mass is 10.3. The molecule has 18 heavy (non-hydrogen) atoms. The fourth-order valence-corrected chi connectivity index (χ4v) is 2.48. The molecule has 0 aliphatic heterocycles. The number of hydrogen-bond donors (Lipinski definition) is 1. The lowest BCUT2D eigenvalue weighted by Crippen LogP contribution is -2.26. The van der Waals surface area contributed by atoms with E-state index >= 15 is 0 Å². The summed E-state index contributed by atoms with van der Waals surface area (Å²) in [7, 11) is 1.76. The summed E-state index contributed by atoms with van der Waals surface area (Å²) in [4.78, 5) is 18.7. The SMILES string of the molecule is Cc1cccc(CN(C)C(=O)c2sccc2N)n1. The van der Waals surface area contributed by atoms with Crippen LogP contribution in [-0.2, 0) is 6.54 Å². The van der Waals surface area contributed by atoms with Crippen LogP contribution < -0.4 is 5.73 Å². The Bertz CT molecular complexity index is 565. The van der Waals surface area contributed by atoms with Crippen molar-refractivity contribution in [1.29, 1.82) is 0 Å². The molecule has 0 radical (unpaired) electrons. The second-order valence-electron chi connectivity index (χ2n) is 4.14.